The molecule has 1 rings (SSSR count). The van der Waals surface area contributed by atoms with Gasteiger partial charge >= 0.3 is 0 Å². The van der Waals surface area contributed by atoms with Crippen molar-refractivity contribution in [1.29, 1.82) is 0 Å². The largest absolute Gasteiger partial charge is 0.298 e. The van der Waals surface area contributed by atoms with Gasteiger partial charge in [-0.15, -0.1) is 13.2 Å². The van der Waals surface area contributed by atoms with Crippen LogP contribution >= 0.6 is 11.8 Å². The number of carbonyl (C=O) groups excluding carboxylic acids is 2. The maximum atomic E-state index is 11.5. The summed E-state index contributed by atoms with van der Waals surface area (Å²) in [5, 5.41) is -0.0303. The normalized spacial score (nSPS) is 20.3. The fraction of sp³-hybridized carbons (Fsp3) is 0.400. The van der Waals surface area contributed by atoms with E-state index in [4.69, 9.17) is 0 Å². The second-order valence-corrected chi connectivity index (χ2v) is 4.02. The lowest BCUT2D eigenvalue weighted by molar-refractivity contribution is -0.132. The Labute approximate surface area is 82.1 Å². The predicted octanol–water partition coefficient (Wildman–Crippen LogP) is 1.97. The number of thioether (sulfide) groups is 1. The highest BCUT2D eigenvalue weighted by Crippen LogP contribution is 2.41. The van der Waals surface area contributed by atoms with E-state index in [2.05, 4.69) is 13.2 Å². The Bertz CT molecular complexity index is 240. The number of hydrogen-bond donors (Lipinski definition) is 0. The van der Waals surface area contributed by atoms with E-state index in [0.717, 1.165) is 11.8 Å². The van der Waals surface area contributed by atoms with Crippen molar-refractivity contribution in [3.8, 4) is 0 Å². The van der Waals surface area contributed by atoms with Crippen molar-refractivity contribution in [2.45, 2.75) is 12.8 Å². The molecular formula is C10H12O2S. The molecule has 13 heavy (non-hydrogen) atoms. The molecule has 0 N–H and O–H groups in total. The van der Waals surface area contributed by atoms with E-state index >= 15 is 0 Å². The average molecular weight is 196 g/mol. The number of carbonyl (C=O) groups is 2. The topological polar surface area (TPSA) is 34.1 Å². The van der Waals surface area contributed by atoms with Crippen LogP contribution in [-0.2, 0) is 9.59 Å². The maximum Gasteiger partial charge on any atom is 0.203 e. The molecule has 0 unspecified atom stereocenters. The molecular weight excluding hydrogens is 184 g/mol. The van der Waals surface area contributed by atoms with E-state index in [0.29, 0.717) is 18.6 Å². The van der Waals surface area contributed by atoms with Crippen LogP contribution in [0.3, 0.4) is 0 Å². The summed E-state index contributed by atoms with van der Waals surface area (Å²) in [6.07, 6.45) is 4.13. The van der Waals surface area contributed by atoms with Gasteiger partial charge in [0.2, 0.25) is 5.12 Å². The molecule has 1 fully saturated rings. The first kappa shape index (κ1) is 10.3. The van der Waals surface area contributed by atoms with Gasteiger partial charge in [-0.3, -0.25) is 9.59 Å². The summed E-state index contributed by atoms with van der Waals surface area (Å²) in [5.74, 6) is 0.322. The van der Waals surface area contributed by atoms with Gasteiger partial charge in [-0.2, -0.15) is 0 Å². The molecule has 1 saturated heterocycles. The summed E-state index contributed by atoms with van der Waals surface area (Å²) in [4.78, 5) is 23.1. The Morgan fingerprint density at radius 2 is 1.85 bits per heavy atom. The van der Waals surface area contributed by atoms with Gasteiger partial charge < -0.3 is 0 Å². The lowest BCUT2D eigenvalue weighted by atomic mass is 9.79. The van der Waals surface area contributed by atoms with E-state index < -0.39 is 5.41 Å². The number of Topliss-reactive ketones (excluding diaryl/α,β-unsaturated/α-hetero) is 1. The third-order valence-electron chi connectivity index (χ3n) is 2.24. The van der Waals surface area contributed by atoms with Gasteiger partial charge in [0, 0.05) is 0 Å². The third kappa shape index (κ3) is 1.61. The monoisotopic (exact) mass is 196 g/mol. The molecule has 0 atom stereocenters. The second kappa shape index (κ2) is 3.92. The molecule has 0 bridgehead atoms. The number of rotatable bonds is 4. The van der Waals surface area contributed by atoms with Gasteiger partial charge in [-0.05, 0) is 12.8 Å². The summed E-state index contributed by atoms with van der Waals surface area (Å²) in [7, 11) is 0. The zero-order chi connectivity index (χ0) is 9.90. The van der Waals surface area contributed by atoms with Gasteiger partial charge in [0.25, 0.3) is 0 Å². The number of ketones is 1. The van der Waals surface area contributed by atoms with Crippen LogP contribution < -0.4 is 0 Å². The Morgan fingerprint density at radius 1 is 1.31 bits per heavy atom. The molecule has 0 radical (unpaired) electrons. The highest BCUT2D eigenvalue weighted by atomic mass is 32.2. The molecule has 0 spiro atoms. The first-order valence-electron chi connectivity index (χ1n) is 4.09. The van der Waals surface area contributed by atoms with Crippen molar-refractivity contribution >= 4 is 22.7 Å². The Balaban J connectivity index is 2.98. The standard InChI is InChI=1S/C10H12O2S/c1-3-5-10(6-4-2)8(11)7-13-9(10)12/h3-4H,1-2,5-7H2. The molecule has 1 aliphatic heterocycles. The van der Waals surface area contributed by atoms with Crippen molar-refractivity contribution in [3.63, 3.8) is 0 Å². The summed E-state index contributed by atoms with van der Waals surface area (Å²) < 4.78 is 0. The van der Waals surface area contributed by atoms with Crippen LogP contribution in [0.5, 0.6) is 0 Å². The second-order valence-electron chi connectivity index (χ2n) is 3.07. The molecule has 0 aromatic carbocycles. The first-order chi connectivity index (χ1) is 6.17. The average Bonchev–Trinajstić information content (AvgIpc) is 2.35. The van der Waals surface area contributed by atoms with E-state index in [9.17, 15) is 9.59 Å². The molecule has 0 aliphatic carbocycles. The van der Waals surface area contributed by atoms with Crippen molar-refractivity contribution < 1.29 is 9.59 Å². The van der Waals surface area contributed by atoms with Gasteiger partial charge in [-0.25, -0.2) is 0 Å². The molecule has 70 valence electrons. The Morgan fingerprint density at radius 3 is 2.15 bits per heavy atom. The molecule has 0 saturated carbocycles. The van der Waals surface area contributed by atoms with E-state index in [1.54, 1.807) is 12.2 Å². The first-order valence-corrected chi connectivity index (χ1v) is 5.08. The lowest BCUT2D eigenvalue weighted by Crippen LogP contribution is -2.31. The summed E-state index contributed by atoms with van der Waals surface area (Å²) in [6.45, 7) is 7.14. The van der Waals surface area contributed by atoms with Crippen molar-refractivity contribution in [3.05, 3.63) is 25.3 Å². The van der Waals surface area contributed by atoms with E-state index in [-0.39, 0.29) is 10.9 Å². The van der Waals surface area contributed by atoms with Crippen molar-refractivity contribution in [2.75, 3.05) is 5.75 Å². The van der Waals surface area contributed by atoms with Crippen LogP contribution in [0.2, 0.25) is 0 Å². The van der Waals surface area contributed by atoms with Crippen molar-refractivity contribution in [2.24, 2.45) is 5.41 Å². The van der Waals surface area contributed by atoms with Gasteiger partial charge in [0.15, 0.2) is 5.78 Å². The third-order valence-corrected chi connectivity index (χ3v) is 3.30. The van der Waals surface area contributed by atoms with Crippen LogP contribution in [0.1, 0.15) is 12.8 Å². The zero-order valence-corrected chi connectivity index (χ0v) is 8.23. The zero-order valence-electron chi connectivity index (χ0n) is 7.41. The minimum atomic E-state index is -0.839. The summed E-state index contributed by atoms with van der Waals surface area (Å²) in [6, 6.07) is 0. The molecule has 1 aliphatic rings. The highest BCUT2D eigenvalue weighted by molar-refractivity contribution is 8.15. The minimum Gasteiger partial charge on any atom is -0.298 e. The molecule has 3 heteroatoms. The predicted molar refractivity (Wildman–Crippen MR) is 54.5 cm³/mol. The van der Waals surface area contributed by atoms with Crippen LogP contribution in [0, 0.1) is 5.41 Å². The summed E-state index contributed by atoms with van der Waals surface area (Å²) in [5.41, 5.74) is -0.839. The maximum absolute atomic E-state index is 11.5. The smallest absolute Gasteiger partial charge is 0.203 e. The lowest BCUT2D eigenvalue weighted by Gasteiger charge is -2.20. The Hall–Kier alpha value is -0.830. The number of hydrogen-bond acceptors (Lipinski definition) is 3. The molecule has 1 heterocycles. The fourth-order valence-corrected chi connectivity index (χ4v) is 2.59. The highest BCUT2D eigenvalue weighted by Gasteiger charge is 2.48. The van der Waals surface area contributed by atoms with Crippen LogP contribution in [0.15, 0.2) is 25.3 Å². The van der Waals surface area contributed by atoms with Crippen molar-refractivity contribution in [1.82, 2.24) is 0 Å². The van der Waals surface area contributed by atoms with E-state index in [1.807, 2.05) is 0 Å². The van der Waals surface area contributed by atoms with Crippen LogP contribution in [-0.4, -0.2) is 16.7 Å². The Kier molecular flexibility index (Phi) is 3.09. The van der Waals surface area contributed by atoms with Crippen LogP contribution in [0.4, 0.5) is 0 Å². The van der Waals surface area contributed by atoms with Gasteiger partial charge in [-0.1, -0.05) is 23.9 Å². The number of allylic oxidation sites excluding steroid dienone is 2. The molecule has 0 aromatic rings. The van der Waals surface area contributed by atoms with E-state index in [1.165, 1.54) is 0 Å². The molecule has 0 amide bonds. The molecule has 2 nitrogen and oxygen atoms in total. The van der Waals surface area contributed by atoms with Gasteiger partial charge in [0.05, 0.1) is 5.75 Å². The fourth-order valence-electron chi connectivity index (χ4n) is 1.49. The SMILES string of the molecule is C=CCC1(CC=C)C(=O)CSC1=O. The minimum absolute atomic E-state index is 0.0160. The summed E-state index contributed by atoms with van der Waals surface area (Å²) >= 11 is 1.11. The quantitative estimate of drug-likeness (QED) is 0.509. The molecule has 0 aromatic heterocycles. The van der Waals surface area contributed by atoms with Gasteiger partial charge in [0.1, 0.15) is 5.41 Å². The van der Waals surface area contributed by atoms with Crippen LogP contribution in [0.25, 0.3) is 0 Å².